The van der Waals surface area contributed by atoms with E-state index in [1.54, 1.807) is 11.8 Å². The Balaban J connectivity index is 1.48. The van der Waals surface area contributed by atoms with Gasteiger partial charge in [0.2, 0.25) is 70.9 Å². The van der Waals surface area contributed by atoms with Gasteiger partial charge >= 0.3 is 0 Å². The second kappa shape index (κ2) is 38.2. The fourth-order valence-electron chi connectivity index (χ4n) is 17.2. The van der Waals surface area contributed by atoms with Gasteiger partial charge in [-0.1, -0.05) is 139 Å². The topological polar surface area (TPSA) is 279 Å². The molecule has 0 aromatic rings. The maximum atomic E-state index is 15.8. The zero-order valence-electron chi connectivity index (χ0n) is 65.7. The summed E-state index contributed by atoms with van der Waals surface area (Å²) in [5.74, 6) is -7.02. The number of likely N-dealkylation sites (N-methyl/N-ethyl adjacent to an activating group) is 7. The van der Waals surface area contributed by atoms with Crippen molar-refractivity contribution in [2.45, 2.75) is 276 Å². The number of carbonyl (C=O) groups is 12. The number of carbonyl (C=O) groups excluding carboxylic acids is 12. The van der Waals surface area contributed by atoms with E-state index in [-0.39, 0.29) is 75.4 Å². The molecule has 6 rings (SSSR count). The van der Waals surface area contributed by atoms with Crippen LogP contribution in [0.15, 0.2) is 12.2 Å². The highest BCUT2D eigenvalue weighted by Gasteiger charge is 2.59. The van der Waals surface area contributed by atoms with Gasteiger partial charge in [0.25, 0.3) is 0 Å². The van der Waals surface area contributed by atoms with Gasteiger partial charge in [0, 0.05) is 87.9 Å². The predicted molar refractivity (Wildman–Crippen MR) is 396 cm³/mol. The third-order valence-electron chi connectivity index (χ3n) is 23.9. The van der Waals surface area contributed by atoms with E-state index in [4.69, 9.17) is 16.3 Å². The van der Waals surface area contributed by atoms with Crippen LogP contribution in [-0.2, 0) is 62.3 Å². The van der Waals surface area contributed by atoms with E-state index in [0.717, 1.165) is 44.9 Å². The van der Waals surface area contributed by atoms with Gasteiger partial charge in [-0.25, -0.2) is 0 Å². The maximum Gasteiger partial charge on any atom is 0.248 e. The van der Waals surface area contributed by atoms with Gasteiger partial charge < -0.3 is 64.8 Å². The first-order valence-electron chi connectivity index (χ1n) is 38.7. The number of rotatable bonds is 16. The molecule has 3 unspecified atom stereocenters. The monoisotopic (exact) mass is 1460 g/mol. The molecule has 12 amide bonds. The molecule has 3 aliphatic carbocycles. The highest BCUT2D eigenvalue weighted by molar-refractivity contribution is 6.20. The fraction of sp³-hybridized carbons (Fsp3) is 0.818. The molecule has 5 fully saturated rings. The highest BCUT2D eigenvalue weighted by atomic mass is 35.5. The van der Waals surface area contributed by atoms with Crippen molar-refractivity contribution in [1.29, 1.82) is 0 Å². The SMILES string of the molecule is CCC[C@H]1C(=O)N[C@@H]([C@@H](C)CC)C(=O)N(C)CC(=O)N(C)[C@H]2C/C=C\CCN(C2=O)[C@@H](CC2CCC(C)CC2)C(=O)N(C)CC(=O)N[C@@H](CCC2CCC(CC)C(Cl)C2)C(=O)N2C[C@H](OCC)C[C@H]2C(=O)NC2(CC(C)(C)C2)C(=O)N(C)[C@@H](C(CC)CC)C(=O)N(C)[C@H](C(=O)N(C)C)CC(=O)N1C. The minimum Gasteiger partial charge on any atom is -0.377 e. The fourth-order valence-corrected chi connectivity index (χ4v) is 17.8. The maximum absolute atomic E-state index is 15.8. The minimum absolute atomic E-state index is 0.0155. The molecule has 3 aliphatic heterocycles. The van der Waals surface area contributed by atoms with Gasteiger partial charge in [-0.05, 0) is 112 Å². The van der Waals surface area contributed by atoms with Crippen LogP contribution in [0.4, 0.5) is 0 Å². The summed E-state index contributed by atoms with van der Waals surface area (Å²) < 4.78 is 6.19. The number of hydrogen-bond donors (Lipinski definition) is 3. The zero-order chi connectivity index (χ0) is 76.7. The second-order valence-electron chi connectivity index (χ2n) is 32.3. The lowest BCUT2D eigenvalue weighted by atomic mass is 9.58. The van der Waals surface area contributed by atoms with Crippen molar-refractivity contribution >= 4 is 82.5 Å². The predicted octanol–water partition coefficient (Wildman–Crippen LogP) is 6.61. The van der Waals surface area contributed by atoms with Crippen LogP contribution in [0, 0.1) is 40.9 Å². The Morgan fingerprint density at radius 2 is 1.30 bits per heavy atom. The van der Waals surface area contributed by atoms with Gasteiger partial charge in [-0.3, -0.25) is 57.5 Å². The number of nitrogens with zero attached hydrogens (tertiary/aromatic N) is 9. The number of hydrogen-bond acceptors (Lipinski definition) is 13. The summed E-state index contributed by atoms with van der Waals surface area (Å²) >= 11 is 7.00. The third kappa shape index (κ3) is 21.2. The Bertz CT molecular complexity index is 3000. The first-order valence-corrected chi connectivity index (χ1v) is 39.2. The average molecular weight is 1470 g/mol. The number of ether oxygens (including phenoxy) is 1. The van der Waals surface area contributed by atoms with Crippen molar-refractivity contribution in [2.24, 2.45) is 40.9 Å². The molecule has 3 heterocycles. The van der Waals surface area contributed by atoms with E-state index in [1.807, 2.05) is 60.6 Å². The molecule has 3 saturated carbocycles. The van der Waals surface area contributed by atoms with Crippen molar-refractivity contribution in [3.05, 3.63) is 12.2 Å². The van der Waals surface area contributed by atoms with Crippen molar-refractivity contribution in [3.63, 3.8) is 0 Å². The van der Waals surface area contributed by atoms with Gasteiger partial charge in [-0.2, -0.15) is 0 Å². The molecule has 25 nitrogen and oxygen atoms in total. The van der Waals surface area contributed by atoms with E-state index in [9.17, 15) is 28.8 Å². The molecule has 2 saturated heterocycles. The number of nitrogens with one attached hydrogen (secondary N) is 3. The lowest BCUT2D eigenvalue weighted by Crippen LogP contribution is -2.71. The van der Waals surface area contributed by atoms with E-state index < -0.39 is 168 Å². The van der Waals surface area contributed by atoms with Gasteiger partial charge in [-0.15, -0.1) is 11.6 Å². The van der Waals surface area contributed by atoms with E-state index in [2.05, 4.69) is 29.8 Å². The van der Waals surface area contributed by atoms with Gasteiger partial charge in [0.1, 0.15) is 53.9 Å². The van der Waals surface area contributed by atoms with Crippen molar-refractivity contribution < 1.29 is 62.3 Å². The van der Waals surface area contributed by atoms with Crippen LogP contribution in [-0.4, -0.2) is 270 Å². The van der Waals surface area contributed by atoms with Crippen molar-refractivity contribution in [2.75, 3.05) is 89.2 Å². The summed E-state index contributed by atoms with van der Waals surface area (Å²) in [7, 11) is 11.8. The van der Waals surface area contributed by atoms with Crippen LogP contribution in [0.5, 0.6) is 0 Å². The Labute approximate surface area is 620 Å². The summed E-state index contributed by atoms with van der Waals surface area (Å²) in [5.41, 5.74) is -2.05. The smallest absolute Gasteiger partial charge is 0.248 e. The minimum atomic E-state index is -1.58. The largest absolute Gasteiger partial charge is 0.377 e. The number of halogens is 1. The van der Waals surface area contributed by atoms with Crippen LogP contribution in [0.2, 0.25) is 0 Å². The van der Waals surface area contributed by atoms with Gasteiger partial charge in [0.15, 0.2) is 0 Å². The van der Waals surface area contributed by atoms with Crippen molar-refractivity contribution in [3.8, 4) is 0 Å². The number of fused-ring (bicyclic) bond motifs is 3. The van der Waals surface area contributed by atoms with E-state index in [0.29, 0.717) is 63.2 Å². The first-order chi connectivity index (χ1) is 48.5. The van der Waals surface area contributed by atoms with E-state index in [1.165, 1.54) is 95.6 Å². The van der Waals surface area contributed by atoms with Crippen LogP contribution in [0.25, 0.3) is 0 Å². The summed E-state index contributed by atoms with van der Waals surface area (Å²) in [4.78, 5) is 194. The van der Waals surface area contributed by atoms with Gasteiger partial charge in [0.05, 0.1) is 25.6 Å². The molecule has 0 radical (unpaired) electrons. The lowest BCUT2D eigenvalue weighted by Gasteiger charge is -2.54. The average Bonchev–Trinajstić information content (AvgIpc) is 1.25. The summed E-state index contributed by atoms with van der Waals surface area (Å²) in [5, 5.41) is 9.04. The molecule has 1 spiro atoms. The van der Waals surface area contributed by atoms with Crippen LogP contribution in [0.1, 0.15) is 210 Å². The Kier molecular flexibility index (Phi) is 31.8. The molecule has 103 heavy (non-hydrogen) atoms. The van der Waals surface area contributed by atoms with Crippen LogP contribution >= 0.6 is 11.6 Å². The highest BCUT2D eigenvalue weighted by Crippen LogP contribution is 2.50. The van der Waals surface area contributed by atoms with Crippen molar-refractivity contribution in [1.82, 2.24) is 60.0 Å². The molecule has 13 atom stereocenters. The molecule has 2 bridgehead atoms. The Hall–Kier alpha value is -6.37. The summed E-state index contributed by atoms with van der Waals surface area (Å²) in [6.45, 7) is 18.8. The molecule has 582 valence electrons. The number of amides is 12. The quantitative estimate of drug-likeness (QED) is 0.108. The first kappa shape index (κ1) is 85.6. The molecule has 0 aromatic heterocycles. The molecule has 3 N–H and O–H groups in total. The van der Waals surface area contributed by atoms with Crippen LogP contribution in [0.3, 0.4) is 0 Å². The molecular formula is C77H129ClN12O13. The normalized spacial score (nSPS) is 31.4. The number of alkyl halides is 1. The standard InChI is InChI=1S/C77H129ClN12O13/c1-19-28-57-67(94)80-65(49(8)20-2)73(100)84(14)45-64(93)86(16)58-29-26-25-27-38-89(72(58)99)61(40-51-32-30-48(7)31-33-51)71(98)83(13)44-62(91)79-56(37-35-50-34-36-53(23-5)55(78)39-50)69(96)90-43-54(103-24-6)41-59(90)68(95)81-77(46-76(9,10)47-77)75(102)88(18)66(52(21-3)22-4)74(101)87(17)60(70(97)82(11)12)42-63(92)85(57)15/h25-26,48-61,65-66H,19-24,27-47H2,1-18H3,(H,79,91)(H,80,94)(H,81,95)/b26-25-/t48?,49-,50?,51?,53?,54+,55?,56-,57-,58-,59-,60-,61-,65-,66-/m0/s1. The van der Waals surface area contributed by atoms with Crippen LogP contribution < -0.4 is 16.0 Å². The second-order valence-corrected chi connectivity index (χ2v) is 32.9. The molecule has 26 heteroatoms. The lowest BCUT2D eigenvalue weighted by molar-refractivity contribution is -0.161. The Morgan fingerprint density at radius 1 is 0.660 bits per heavy atom. The third-order valence-corrected chi connectivity index (χ3v) is 24.4. The van der Waals surface area contributed by atoms with E-state index >= 15 is 28.8 Å². The molecular weight excluding hydrogens is 1340 g/mol. The molecule has 6 aliphatic rings. The summed E-state index contributed by atoms with van der Waals surface area (Å²) in [6.07, 6.45) is 13.2. The molecule has 0 aromatic carbocycles. The summed E-state index contributed by atoms with van der Waals surface area (Å²) in [6, 6.07) is -9.53. The Morgan fingerprint density at radius 3 is 1.88 bits per heavy atom. The zero-order valence-corrected chi connectivity index (χ0v) is 66.5.